The third-order valence-corrected chi connectivity index (χ3v) is 2.23. The summed E-state index contributed by atoms with van der Waals surface area (Å²) >= 11 is 0. The number of hydrogen-bond donors (Lipinski definition) is 1. The van der Waals surface area contributed by atoms with E-state index in [4.69, 9.17) is 4.42 Å². The number of halogens is 1. The summed E-state index contributed by atoms with van der Waals surface area (Å²) in [5.41, 5.74) is 0.218. The number of benzene rings is 1. The lowest BCUT2D eigenvalue weighted by Gasteiger charge is -2.01. The van der Waals surface area contributed by atoms with Crippen LogP contribution in [-0.2, 0) is 0 Å². The van der Waals surface area contributed by atoms with Crippen molar-refractivity contribution in [2.45, 2.75) is 19.4 Å². The zero-order valence-electron chi connectivity index (χ0n) is 7.83. The van der Waals surface area contributed by atoms with Crippen LogP contribution in [0.15, 0.2) is 28.7 Å². The van der Waals surface area contributed by atoms with Crippen LogP contribution in [0, 0.1) is 5.82 Å². The van der Waals surface area contributed by atoms with E-state index in [-0.39, 0.29) is 5.58 Å². The molecule has 0 amide bonds. The molecule has 0 spiro atoms. The molecule has 2 nitrogen and oxygen atoms in total. The largest absolute Gasteiger partial charge is 0.455 e. The third-order valence-electron chi connectivity index (χ3n) is 2.23. The molecular formula is C11H11FO2. The number of aliphatic hydroxyl groups excluding tert-OH is 1. The highest BCUT2D eigenvalue weighted by Gasteiger charge is 2.12. The molecule has 2 rings (SSSR count). The average molecular weight is 194 g/mol. The molecule has 0 unspecified atom stereocenters. The molecule has 1 aromatic heterocycles. The van der Waals surface area contributed by atoms with E-state index in [1.54, 1.807) is 18.2 Å². The Balaban J connectivity index is 2.56. The molecular weight excluding hydrogens is 183 g/mol. The Hall–Kier alpha value is -1.35. The number of rotatable bonds is 2. The van der Waals surface area contributed by atoms with E-state index >= 15 is 0 Å². The lowest BCUT2D eigenvalue weighted by molar-refractivity contribution is 0.148. The summed E-state index contributed by atoms with van der Waals surface area (Å²) < 4.78 is 18.4. The molecule has 2 aromatic rings. The Labute approximate surface area is 81.0 Å². The van der Waals surface area contributed by atoms with Crippen LogP contribution in [0.5, 0.6) is 0 Å². The van der Waals surface area contributed by atoms with Crippen molar-refractivity contribution in [2.75, 3.05) is 0 Å². The fraction of sp³-hybridized carbons (Fsp3) is 0.273. The van der Waals surface area contributed by atoms with Crippen molar-refractivity contribution in [3.8, 4) is 0 Å². The van der Waals surface area contributed by atoms with Gasteiger partial charge in [0.05, 0.1) is 0 Å². The van der Waals surface area contributed by atoms with Gasteiger partial charge in [0.25, 0.3) is 0 Å². The standard InChI is InChI=1S/C11H11FO2/c1-2-9(13)10-6-7-4-3-5-8(12)11(7)14-10/h3-6,9,13H,2H2,1H3/t9-/m0/s1. The quantitative estimate of drug-likeness (QED) is 0.797. The molecule has 0 saturated carbocycles. The average Bonchev–Trinajstić information content (AvgIpc) is 2.62. The van der Waals surface area contributed by atoms with Gasteiger partial charge in [0.2, 0.25) is 0 Å². The number of furan rings is 1. The number of aliphatic hydroxyl groups is 1. The molecule has 1 heterocycles. The SMILES string of the molecule is CC[C@H](O)c1cc2cccc(F)c2o1. The van der Waals surface area contributed by atoms with Gasteiger partial charge in [0, 0.05) is 5.39 Å². The number of para-hydroxylation sites is 1. The highest BCUT2D eigenvalue weighted by atomic mass is 19.1. The molecule has 74 valence electrons. The van der Waals surface area contributed by atoms with Crippen LogP contribution in [0.4, 0.5) is 4.39 Å². The summed E-state index contributed by atoms with van der Waals surface area (Å²) in [6.45, 7) is 1.84. The van der Waals surface area contributed by atoms with Gasteiger partial charge in [0.15, 0.2) is 11.4 Å². The van der Waals surface area contributed by atoms with E-state index in [0.29, 0.717) is 17.6 Å². The first-order valence-electron chi connectivity index (χ1n) is 4.58. The zero-order valence-corrected chi connectivity index (χ0v) is 7.83. The van der Waals surface area contributed by atoms with Crippen molar-refractivity contribution in [3.63, 3.8) is 0 Å². The highest BCUT2D eigenvalue weighted by Crippen LogP contribution is 2.26. The van der Waals surface area contributed by atoms with Crippen LogP contribution in [0.2, 0.25) is 0 Å². The second-order valence-corrected chi connectivity index (χ2v) is 3.23. The van der Waals surface area contributed by atoms with Gasteiger partial charge in [-0.3, -0.25) is 0 Å². The minimum Gasteiger partial charge on any atom is -0.455 e. The maximum atomic E-state index is 13.2. The molecule has 0 aliphatic heterocycles. The fourth-order valence-corrected chi connectivity index (χ4v) is 1.41. The Bertz CT molecular complexity index is 447. The molecule has 0 bridgehead atoms. The first kappa shape index (κ1) is 9.21. The van der Waals surface area contributed by atoms with Crippen LogP contribution in [0.25, 0.3) is 11.0 Å². The predicted octanol–water partition coefficient (Wildman–Crippen LogP) is 3.02. The maximum Gasteiger partial charge on any atom is 0.170 e. The van der Waals surface area contributed by atoms with Crippen LogP contribution in [0.3, 0.4) is 0 Å². The third kappa shape index (κ3) is 1.40. The molecule has 0 aliphatic carbocycles. The van der Waals surface area contributed by atoms with E-state index in [2.05, 4.69) is 0 Å². The minimum atomic E-state index is -0.651. The van der Waals surface area contributed by atoms with E-state index in [1.807, 2.05) is 6.92 Å². The molecule has 1 N–H and O–H groups in total. The second kappa shape index (κ2) is 3.42. The maximum absolute atomic E-state index is 13.2. The van der Waals surface area contributed by atoms with Gasteiger partial charge in [-0.25, -0.2) is 4.39 Å². The van der Waals surface area contributed by atoms with Gasteiger partial charge < -0.3 is 9.52 Å². The number of fused-ring (bicyclic) bond motifs is 1. The highest BCUT2D eigenvalue weighted by molar-refractivity contribution is 5.78. The molecule has 0 fully saturated rings. The van der Waals surface area contributed by atoms with Crippen molar-refractivity contribution in [1.82, 2.24) is 0 Å². The monoisotopic (exact) mass is 194 g/mol. The predicted molar refractivity (Wildman–Crippen MR) is 51.4 cm³/mol. The molecule has 0 aliphatic rings. The van der Waals surface area contributed by atoms with Gasteiger partial charge in [-0.15, -0.1) is 0 Å². The smallest absolute Gasteiger partial charge is 0.170 e. The van der Waals surface area contributed by atoms with E-state index in [9.17, 15) is 9.50 Å². The van der Waals surface area contributed by atoms with E-state index in [1.165, 1.54) is 6.07 Å². The van der Waals surface area contributed by atoms with Crippen LogP contribution < -0.4 is 0 Å². The minimum absolute atomic E-state index is 0.218. The van der Waals surface area contributed by atoms with Crippen LogP contribution >= 0.6 is 0 Å². The molecule has 0 saturated heterocycles. The molecule has 1 atom stereocenters. The van der Waals surface area contributed by atoms with Gasteiger partial charge in [0.1, 0.15) is 11.9 Å². The molecule has 3 heteroatoms. The summed E-state index contributed by atoms with van der Waals surface area (Å²) in [7, 11) is 0. The Morgan fingerprint density at radius 2 is 2.29 bits per heavy atom. The topological polar surface area (TPSA) is 33.4 Å². The van der Waals surface area contributed by atoms with Crippen molar-refractivity contribution in [3.05, 3.63) is 35.8 Å². The Kier molecular flexibility index (Phi) is 2.25. The summed E-state index contributed by atoms with van der Waals surface area (Å²) in [6.07, 6.45) is -0.0941. The van der Waals surface area contributed by atoms with Crippen molar-refractivity contribution < 1.29 is 13.9 Å². The van der Waals surface area contributed by atoms with Crippen molar-refractivity contribution >= 4 is 11.0 Å². The zero-order chi connectivity index (χ0) is 10.1. The van der Waals surface area contributed by atoms with E-state index in [0.717, 1.165) is 0 Å². The lowest BCUT2D eigenvalue weighted by Crippen LogP contribution is -1.91. The second-order valence-electron chi connectivity index (χ2n) is 3.23. The molecule has 1 aromatic carbocycles. The Morgan fingerprint density at radius 3 is 2.93 bits per heavy atom. The van der Waals surface area contributed by atoms with Gasteiger partial charge in [-0.2, -0.15) is 0 Å². The first-order valence-corrected chi connectivity index (χ1v) is 4.58. The number of hydrogen-bond acceptors (Lipinski definition) is 2. The van der Waals surface area contributed by atoms with Crippen LogP contribution in [-0.4, -0.2) is 5.11 Å². The summed E-state index contributed by atoms with van der Waals surface area (Å²) in [4.78, 5) is 0. The molecule has 0 radical (unpaired) electrons. The lowest BCUT2D eigenvalue weighted by atomic mass is 10.2. The first-order chi connectivity index (χ1) is 6.72. The van der Waals surface area contributed by atoms with E-state index < -0.39 is 11.9 Å². The van der Waals surface area contributed by atoms with Gasteiger partial charge in [-0.1, -0.05) is 19.1 Å². The van der Waals surface area contributed by atoms with Crippen molar-refractivity contribution in [1.29, 1.82) is 0 Å². The van der Waals surface area contributed by atoms with Gasteiger partial charge in [-0.05, 0) is 18.6 Å². The summed E-state index contributed by atoms with van der Waals surface area (Å²) in [5, 5.41) is 10.2. The Morgan fingerprint density at radius 1 is 1.50 bits per heavy atom. The summed E-state index contributed by atoms with van der Waals surface area (Å²) in [6, 6.07) is 6.39. The van der Waals surface area contributed by atoms with Crippen molar-refractivity contribution in [2.24, 2.45) is 0 Å². The summed E-state index contributed by atoms with van der Waals surface area (Å²) in [5.74, 6) is 0.0321. The van der Waals surface area contributed by atoms with Gasteiger partial charge >= 0.3 is 0 Å². The molecule has 14 heavy (non-hydrogen) atoms. The fourth-order valence-electron chi connectivity index (χ4n) is 1.41. The van der Waals surface area contributed by atoms with Crippen LogP contribution in [0.1, 0.15) is 25.2 Å². The normalized spacial score (nSPS) is 13.4.